The highest BCUT2D eigenvalue weighted by Gasteiger charge is 2.25. The molecule has 1 rings (SSSR count). The zero-order valence-electron chi connectivity index (χ0n) is 12.7. The van der Waals surface area contributed by atoms with Crippen LogP contribution in [0.1, 0.15) is 58.3 Å². The van der Waals surface area contributed by atoms with E-state index in [0.29, 0.717) is 0 Å². The lowest BCUT2D eigenvalue weighted by atomic mass is 10.1. The van der Waals surface area contributed by atoms with E-state index in [1.165, 1.54) is 56.6 Å². The molecule has 1 aromatic carbocycles. The Balaban J connectivity index is 2.12. The Morgan fingerprint density at radius 3 is 1.95 bits per heavy atom. The lowest BCUT2D eigenvalue weighted by molar-refractivity contribution is 0.540. The summed E-state index contributed by atoms with van der Waals surface area (Å²) in [7, 11) is -2.16. The maximum absolute atomic E-state index is 10.6. The molecule has 1 N–H and O–H groups in total. The molecule has 0 aliphatic carbocycles. The third kappa shape index (κ3) is 6.93. The van der Waals surface area contributed by atoms with Crippen LogP contribution < -0.4 is 5.19 Å². The highest BCUT2D eigenvalue weighted by atomic mass is 28.4. The van der Waals surface area contributed by atoms with Gasteiger partial charge in [-0.15, -0.1) is 0 Å². The number of rotatable bonds is 10. The molecule has 1 unspecified atom stereocenters. The standard InChI is InChI=1S/C17H30OSi/c1-3-4-5-6-7-8-9-13-16-19(2,18)17-14-11-10-12-15-17/h10-12,14-15,18H,3-9,13,16H2,1-2H3. The number of benzene rings is 1. The van der Waals surface area contributed by atoms with Crippen LogP contribution in [-0.2, 0) is 0 Å². The van der Waals surface area contributed by atoms with Crippen molar-refractivity contribution >= 4 is 13.5 Å². The van der Waals surface area contributed by atoms with Crippen molar-refractivity contribution in [1.82, 2.24) is 0 Å². The van der Waals surface area contributed by atoms with Gasteiger partial charge in [-0.1, -0.05) is 88.6 Å². The van der Waals surface area contributed by atoms with Crippen LogP contribution in [0.3, 0.4) is 0 Å². The molecule has 0 spiro atoms. The van der Waals surface area contributed by atoms with Crippen LogP contribution in [0, 0.1) is 0 Å². The normalized spacial score (nSPS) is 14.3. The molecule has 0 aliphatic rings. The summed E-state index contributed by atoms with van der Waals surface area (Å²) in [5.41, 5.74) is 0. The number of hydrogen-bond donors (Lipinski definition) is 1. The molecule has 0 fully saturated rings. The van der Waals surface area contributed by atoms with Crippen molar-refractivity contribution in [2.45, 2.75) is 70.9 Å². The Hall–Kier alpha value is -0.603. The van der Waals surface area contributed by atoms with Gasteiger partial charge in [-0.2, -0.15) is 0 Å². The van der Waals surface area contributed by atoms with Gasteiger partial charge in [0, 0.05) is 0 Å². The van der Waals surface area contributed by atoms with Crippen molar-refractivity contribution in [2.24, 2.45) is 0 Å². The third-order valence-electron chi connectivity index (χ3n) is 3.91. The fourth-order valence-corrected chi connectivity index (χ4v) is 4.68. The number of hydrogen-bond acceptors (Lipinski definition) is 1. The number of unbranched alkanes of at least 4 members (excludes halogenated alkanes) is 7. The maximum Gasteiger partial charge on any atom is 0.216 e. The largest absolute Gasteiger partial charge is 0.428 e. The van der Waals surface area contributed by atoms with Gasteiger partial charge < -0.3 is 4.80 Å². The van der Waals surface area contributed by atoms with E-state index >= 15 is 0 Å². The SMILES string of the molecule is CCCCCCCCCC[Si](C)(O)c1ccccc1. The summed E-state index contributed by atoms with van der Waals surface area (Å²) in [4.78, 5) is 10.6. The topological polar surface area (TPSA) is 20.2 Å². The molecule has 1 atom stereocenters. The quantitative estimate of drug-likeness (QED) is 0.490. The first-order valence-corrected chi connectivity index (χ1v) is 10.6. The van der Waals surface area contributed by atoms with Gasteiger partial charge >= 0.3 is 0 Å². The molecule has 0 heterocycles. The molecule has 1 aromatic rings. The second-order valence-corrected chi connectivity index (χ2v) is 9.49. The second kappa shape index (κ2) is 9.32. The molecule has 0 amide bonds. The molecule has 0 aliphatic heterocycles. The molecular weight excluding hydrogens is 248 g/mol. The van der Waals surface area contributed by atoms with Crippen molar-refractivity contribution in [1.29, 1.82) is 0 Å². The van der Waals surface area contributed by atoms with Crippen molar-refractivity contribution in [2.75, 3.05) is 0 Å². The third-order valence-corrected chi connectivity index (χ3v) is 6.82. The molecule has 2 heteroatoms. The summed E-state index contributed by atoms with van der Waals surface area (Å²) in [5, 5.41) is 1.18. The van der Waals surface area contributed by atoms with Gasteiger partial charge in [-0.05, 0) is 17.8 Å². The first-order chi connectivity index (χ1) is 9.17. The monoisotopic (exact) mass is 278 g/mol. The van der Waals surface area contributed by atoms with E-state index in [0.717, 1.165) is 6.04 Å². The van der Waals surface area contributed by atoms with Crippen LogP contribution in [0.25, 0.3) is 0 Å². The minimum absolute atomic E-state index is 1.01. The van der Waals surface area contributed by atoms with Gasteiger partial charge in [0.1, 0.15) is 0 Å². The average molecular weight is 279 g/mol. The van der Waals surface area contributed by atoms with Gasteiger partial charge in [0.2, 0.25) is 8.32 Å². The van der Waals surface area contributed by atoms with E-state index in [1.54, 1.807) is 0 Å². The minimum atomic E-state index is -2.16. The zero-order valence-corrected chi connectivity index (χ0v) is 13.7. The van der Waals surface area contributed by atoms with Gasteiger partial charge in [-0.3, -0.25) is 0 Å². The summed E-state index contributed by atoms with van der Waals surface area (Å²) < 4.78 is 0. The van der Waals surface area contributed by atoms with Crippen molar-refractivity contribution in [3.8, 4) is 0 Å². The van der Waals surface area contributed by atoms with Gasteiger partial charge in [0.05, 0.1) is 0 Å². The Morgan fingerprint density at radius 1 is 0.842 bits per heavy atom. The van der Waals surface area contributed by atoms with Crippen LogP contribution in [0.4, 0.5) is 0 Å². The van der Waals surface area contributed by atoms with Crippen LogP contribution in [-0.4, -0.2) is 13.1 Å². The average Bonchev–Trinajstić information content (AvgIpc) is 2.43. The van der Waals surface area contributed by atoms with Gasteiger partial charge in [0.15, 0.2) is 0 Å². The smallest absolute Gasteiger partial charge is 0.216 e. The van der Waals surface area contributed by atoms with Crippen molar-refractivity contribution in [3.05, 3.63) is 30.3 Å². The Morgan fingerprint density at radius 2 is 1.37 bits per heavy atom. The van der Waals surface area contributed by atoms with Crippen LogP contribution in [0.2, 0.25) is 12.6 Å². The fraction of sp³-hybridized carbons (Fsp3) is 0.647. The summed E-state index contributed by atoms with van der Waals surface area (Å²) in [6.45, 7) is 4.33. The van der Waals surface area contributed by atoms with E-state index in [4.69, 9.17) is 0 Å². The predicted molar refractivity (Wildman–Crippen MR) is 87.3 cm³/mol. The maximum atomic E-state index is 10.6. The van der Waals surface area contributed by atoms with Crippen LogP contribution in [0.15, 0.2) is 30.3 Å². The minimum Gasteiger partial charge on any atom is -0.428 e. The van der Waals surface area contributed by atoms with E-state index in [9.17, 15) is 4.80 Å². The summed E-state index contributed by atoms with van der Waals surface area (Å²) in [5.74, 6) is 0. The molecule has 0 aromatic heterocycles. The first kappa shape index (κ1) is 16.5. The lowest BCUT2D eigenvalue weighted by Gasteiger charge is -2.20. The van der Waals surface area contributed by atoms with Crippen LogP contribution in [0.5, 0.6) is 0 Å². The fourth-order valence-electron chi connectivity index (χ4n) is 2.54. The van der Waals surface area contributed by atoms with Gasteiger partial charge in [-0.25, -0.2) is 0 Å². The molecule has 0 radical (unpaired) electrons. The highest BCUT2D eigenvalue weighted by Crippen LogP contribution is 2.15. The summed E-state index contributed by atoms with van der Waals surface area (Å²) in [6, 6.07) is 11.2. The second-order valence-electron chi connectivity index (χ2n) is 5.86. The van der Waals surface area contributed by atoms with E-state index in [1.807, 2.05) is 18.2 Å². The Kier molecular flexibility index (Phi) is 8.07. The molecule has 1 nitrogen and oxygen atoms in total. The molecule has 0 bridgehead atoms. The summed E-state index contributed by atoms with van der Waals surface area (Å²) in [6.07, 6.45) is 10.7. The van der Waals surface area contributed by atoms with Crippen molar-refractivity contribution in [3.63, 3.8) is 0 Å². The van der Waals surface area contributed by atoms with Crippen molar-refractivity contribution < 1.29 is 4.80 Å². The van der Waals surface area contributed by atoms with E-state index in [-0.39, 0.29) is 0 Å². The zero-order chi connectivity index (χ0) is 14.0. The van der Waals surface area contributed by atoms with E-state index < -0.39 is 8.32 Å². The molecule has 0 saturated carbocycles. The molecule has 19 heavy (non-hydrogen) atoms. The molecule has 0 saturated heterocycles. The Labute approximate surface area is 120 Å². The van der Waals surface area contributed by atoms with Gasteiger partial charge in [0.25, 0.3) is 0 Å². The summed E-state index contributed by atoms with van der Waals surface area (Å²) >= 11 is 0. The predicted octanol–water partition coefficient (Wildman–Crippen LogP) is 4.60. The van der Waals surface area contributed by atoms with E-state index in [2.05, 4.69) is 25.6 Å². The first-order valence-electron chi connectivity index (χ1n) is 7.94. The Bertz CT molecular complexity index is 321. The molecular formula is C17H30OSi. The highest BCUT2D eigenvalue weighted by molar-refractivity contribution is 6.84. The lowest BCUT2D eigenvalue weighted by Crippen LogP contribution is -2.44. The van der Waals surface area contributed by atoms with Crippen LogP contribution >= 0.6 is 0 Å². The molecule has 108 valence electrons.